The summed E-state index contributed by atoms with van der Waals surface area (Å²) in [5.41, 5.74) is 1.58. The Morgan fingerprint density at radius 2 is 2.12 bits per heavy atom. The second-order valence-electron chi connectivity index (χ2n) is 5.34. The van der Waals surface area contributed by atoms with E-state index in [0.29, 0.717) is 36.1 Å². The van der Waals surface area contributed by atoms with Crippen LogP contribution in [0.3, 0.4) is 0 Å². The third-order valence-corrected chi connectivity index (χ3v) is 4.73. The van der Waals surface area contributed by atoms with E-state index in [1.165, 1.54) is 18.4 Å². The van der Waals surface area contributed by atoms with Crippen molar-refractivity contribution in [3.8, 4) is 5.75 Å². The molecule has 0 bridgehead atoms. The van der Waals surface area contributed by atoms with Gasteiger partial charge >= 0.3 is 12.1 Å². The molecule has 0 saturated carbocycles. The van der Waals surface area contributed by atoms with E-state index >= 15 is 0 Å². The summed E-state index contributed by atoms with van der Waals surface area (Å²) in [4.78, 5) is 30.8. The van der Waals surface area contributed by atoms with E-state index in [4.69, 9.17) is 4.74 Å². The number of benzene rings is 1. The molecule has 0 radical (unpaired) electrons. The average molecular weight is 362 g/mol. The minimum atomic E-state index is -0.557. The number of amides is 3. The number of anilines is 2. The van der Waals surface area contributed by atoms with Gasteiger partial charge in [-0.25, -0.2) is 14.6 Å². The van der Waals surface area contributed by atoms with Crippen LogP contribution in [0.15, 0.2) is 24.3 Å². The topological polar surface area (TPSA) is 92.8 Å². The lowest BCUT2D eigenvalue weighted by Gasteiger charge is -2.26. The molecular formula is C16H18N4O4S. The predicted molar refractivity (Wildman–Crippen MR) is 94.3 cm³/mol. The van der Waals surface area contributed by atoms with Gasteiger partial charge in [-0.2, -0.15) is 0 Å². The number of methoxy groups -OCH3 is 2. The van der Waals surface area contributed by atoms with Crippen LogP contribution in [0.4, 0.5) is 20.4 Å². The van der Waals surface area contributed by atoms with Crippen molar-refractivity contribution in [2.45, 2.75) is 13.0 Å². The Labute approximate surface area is 148 Å². The van der Waals surface area contributed by atoms with Crippen LogP contribution in [0.2, 0.25) is 0 Å². The highest BCUT2D eigenvalue weighted by Gasteiger charge is 2.24. The molecule has 3 rings (SSSR count). The van der Waals surface area contributed by atoms with Gasteiger partial charge < -0.3 is 19.7 Å². The number of carbonyl (C=O) groups is 2. The number of nitrogens with one attached hydrogen (secondary N) is 2. The maximum atomic E-state index is 12.5. The number of aromatic nitrogens is 1. The summed E-state index contributed by atoms with van der Waals surface area (Å²) >= 11 is 1.35. The summed E-state index contributed by atoms with van der Waals surface area (Å²) in [5.74, 6) is 0.680. The fourth-order valence-corrected chi connectivity index (χ4v) is 3.47. The van der Waals surface area contributed by atoms with Gasteiger partial charge in [0.15, 0.2) is 5.13 Å². The average Bonchev–Trinajstić information content (AvgIpc) is 3.02. The molecule has 0 aliphatic carbocycles. The summed E-state index contributed by atoms with van der Waals surface area (Å²) in [6, 6.07) is 7.01. The Balaban J connectivity index is 1.65. The van der Waals surface area contributed by atoms with Crippen molar-refractivity contribution >= 4 is 34.3 Å². The molecule has 1 aliphatic heterocycles. The molecule has 8 nitrogen and oxygen atoms in total. The summed E-state index contributed by atoms with van der Waals surface area (Å²) in [5, 5.41) is 5.90. The monoisotopic (exact) mass is 362 g/mol. The quantitative estimate of drug-likeness (QED) is 0.876. The Morgan fingerprint density at radius 1 is 1.28 bits per heavy atom. The fraction of sp³-hybridized carbons (Fsp3) is 0.312. The Bertz CT molecular complexity index is 792. The second-order valence-corrected chi connectivity index (χ2v) is 6.42. The van der Waals surface area contributed by atoms with Gasteiger partial charge in [0.2, 0.25) is 0 Å². The molecule has 3 amide bonds. The molecule has 9 heteroatoms. The minimum absolute atomic E-state index is 0.185. The Morgan fingerprint density at radius 3 is 2.88 bits per heavy atom. The van der Waals surface area contributed by atoms with Crippen molar-refractivity contribution < 1.29 is 19.1 Å². The molecule has 0 fully saturated rings. The molecular weight excluding hydrogens is 344 g/mol. The van der Waals surface area contributed by atoms with E-state index in [1.807, 2.05) is 12.1 Å². The van der Waals surface area contributed by atoms with Gasteiger partial charge in [-0.15, -0.1) is 0 Å². The largest absolute Gasteiger partial charge is 0.497 e. The van der Waals surface area contributed by atoms with Gasteiger partial charge in [0.1, 0.15) is 5.75 Å². The minimum Gasteiger partial charge on any atom is -0.497 e. The molecule has 2 heterocycles. The molecule has 0 unspecified atom stereocenters. The highest BCUT2D eigenvalue weighted by Crippen LogP contribution is 2.29. The zero-order valence-corrected chi connectivity index (χ0v) is 14.7. The number of rotatable bonds is 3. The lowest BCUT2D eigenvalue weighted by atomic mass is 10.2. The maximum Gasteiger partial charge on any atom is 0.413 e. The van der Waals surface area contributed by atoms with E-state index in [0.717, 1.165) is 10.6 Å². The number of urea groups is 1. The zero-order chi connectivity index (χ0) is 17.8. The molecule has 2 aromatic rings. The van der Waals surface area contributed by atoms with Crippen LogP contribution < -0.4 is 15.4 Å². The fourth-order valence-electron chi connectivity index (χ4n) is 2.46. The first kappa shape index (κ1) is 17.0. The van der Waals surface area contributed by atoms with E-state index in [1.54, 1.807) is 24.1 Å². The van der Waals surface area contributed by atoms with Crippen LogP contribution in [0, 0.1) is 0 Å². The zero-order valence-electron chi connectivity index (χ0n) is 13.9. The lowest BCUT2D eigenvalue weighted by Crippen LogP contribution is -2.38. The molecule has 1 aliphatic rings. The number of nitrogens with zero attached hydrogens (tertiary/aromatic N) is 2. The maximum absolute atomic E-state index is 12.5. The van der Waals surface area contributed by atoms with Gasteiger partial charge in [-0.1, -0.05) is 17.4 Å². The first-order valence-corrected chi connectivity index (χ1v) is 8.44. The smallest absolute Gasteiger partial charge is 0.413 e. The molecule has 0 spiro atoms. The molecule has 0 atom stereocenters. The van der Waals surface area contributed by atoms with Crippen LogP contribution in [0.1, 0.15) is 10.6 Å². The lowest BCUT2D eigenvalue weighted by molar-refractivity contribution is 0.187. The Kier molecular flexibility index (Phi) is 5.03. The summed E-state index contributed by atoms with van der Waals surface area (Å²) < 4.78 is 9.72. The first-order valence-electron chi connectivity index (χ1n) is 7.62. The van der Waals surface area contributed by atoms with Gasteiger partial charge in [-0.05, 0) is 12.1 Å². The van der Waals surface area contributed by atoms with Crippen LogP contribution in [0.25, 0.3) is 0 Å². The molecule has 1 aromatic heterocycles. The van der Waals surface area contributed by atoms with E-state index in [9.17, 15) is 9.59 Å². The van der Waals surface area contributed by atoms with Gasteiger partial charge in [0, 0.05) is 29.6 Å². The molecule has 132 valence electrons. The molecule has 1 aromatic carbocycles. The van der Waals surface area contributed by atoms with Crippen molar-refractivity contribution in [3.63, 3.8) is 0 Å². The van der Waals surface area contributed by atoms with Crippen molar-refractivity contribution in [1.82, 2.24) is 9.88 Å². The number of hydrogen-bond donors (Lipinski definition) is 2. The van der Waals surface area contributed by atoms with Crippen molar-refractivity contribution in [1.29, 1.82) is 0 Å². The van der Waals surface area contributed by atoms with Crippen molar-refractivity contribution in [2.75, 3.05) is 31.4 Å². The van der Waals surface area contributed by atoms with Crippen molar-refractivity contribution in [2.24, 2.45) is 0 Å². The van der Waals surface area contributed by atoms with Gasteiger partial charge in [-0.3, -0.25) is 5.32 Å². The SMILES string of the molecule is COC(=O)Nc1nc2c(s1)CN(C(=O)Nc1cccc(OC)c1)CC2. The predicted octanol–water partition coefficient (Wildman–Crippen LogP) is 2.92. The highest BCUT2D eigenvalue weighted by molar-refractivity contribution is 7.15. The first-order chi connectivity index (χ1) is 12.1. The van der Waals surface area contributed by atoms with Crippen LogP contribution in [0.5, 0.6) is 5.75 Å². The van der Waals surface area contributed by atoms with Crippen molar-refractivity contribution in [3.05, 3.63) is 34.8 Å². The van der Waals surface area contributed by atoms with E-state index < -0.39 is 6.09 Å². The standard InChI is InChI=1S/C16H18N4O4S/c1-23-11-5-3-4-10(8-11)17-15(21)20-7-6-12-13(9-20)25-14(18-12)19-16(22)24-2/h3-5,8H,6-7,9H2,1-2H3,(H,17,21)(H,18,19,22). The van der Waals surface area contributed by atoms with Crippen LogP contribution >= 0.6 is 11.3 Å². The number of fused-ring (bicyclic) bond motifs is 1. The van der Waals surface area contributed by atoms with Crippen LogP contribution in [-0.4, -0.2) is 42.8 Å². The van der Waals surface area contributed by atoms with Gasteiger partial charge in [0.25, 0.3) is 0 Å². The third-order valence-electron chi connectivity index (χ3n) is 3.73. The molecule has 25 heavy (non-hydrogen) atoms. The number of hydrogen-bond acceptors (Lipinski definition) is 6. The van der Waals surface area contributed by atoms with Crippen LogP contribution in [-0.2, 0) is 17.7 Å². The number of thiazole rings is 1. The number of ether oxygens (including phenoxy) is 2. The number of carbonyl (C=O) groups excluding carboxylic acids is 2. The molecule has 2 N–H and O–H groups in total. The third kappa shape index (κ3) is 4.00. The molecule has 0 saturated heterocycles. The second kappa shape index (κ2) is 7.39. The normalized spacial score (nSPS) is 13.0. The highest BCUT2D eigenvalue weighted by atomic mass is 32.1. The summed E-state index contributed by atoms with van der Waals surface area (Å²) in [7, 11) is 2.88. The Hall–Kier alpha value is -2.81. The summed E-state index contributed by atoms with van der Waals surface area (Å²) in [6.07, 6.45) is 0.0824. The summed E-state index contributed by atoms with van der Waals surface area (Å²) in [6.45, 7) is 1.01. The van der Waals surface area contributed by atoms with E-state index in [2.05, 4.69) is 20.4 Å². The van der Waals surface area contributed by atoms with Gasteiger partial charge in [0.05, 0.1) is 26.5 Å². The van der Waals surface area contributed by atoms with E-state index in [-0.39, 0.29) is 6.03 Å².